The quantitative estimate of drug-likeness (QED) is 0.124. The van der Waals surface area contributed by atoms with Crippen LogP contribution in [0.4, 0.5) is 0 Å². The fourth-order valence-electron chi connectivity index (χ4n) is 6.91. The van der Waals surface area contributed by atoms with Gasteiger partial charge in [-0.25, -0.2) is 9.97 Å². The van der Waals surface area contributed by atoms with Gasteiger partial charge < -0.3 is 59.7 Å². The maximum absolute atomic E-state index is 10.4. The van der Waals surface area contributed by atoms with Gasteiger partial charge in [-0.1, -0.05) is 36.4 Å². The van der Waals surface area contributed by atoms with Crippen LogP contribution in [0.1, 0.15) is 43.5 Å². The second kappa shape index (κ2) is 21.1. The normalized spacial score (nSPS) is 10.8. The topological polar surface area (TPSA) is 248 Å². The molecule has 3 aromatic heterocycles. The summed E-state index contributed by atoms with van der Waals surface area (Å²) in [4.78, 5) is 40.3. The van der Waals surface area contributed by atoms with Gasteiger partial charge in [0.05, 0.1) is 33.8 Å². The Kier molecular flexibility index (Phi) is 15.5. The number of rotatable bonds is 4. The number of phenols is 4. The van der Waals surface area contributed by atoms with E-state index in [0.717, 1.165) is 99.0 Å². The Labute approximate surface area is 382 Å². The first-order valence-corrected chi connectivity index (χ1v) is 19.4. The van der Waals surface area contributed by atoms with Crippen LogP contribution in [0.3, 0.4) is 0 Å². The number of H-pyrrole nitrogens is 1. The molecule has 0 amide bonds. The fourth-order valence-corrected chi connectivity index (χ4v) is 6.91. The molecule has 326 valence electrons. The van der Waals surface area contributed by atoms with Gasteiger partial charge in [-0.05, 0) is 153 Å². The minimum atomic E-state index is -1.08. The Morgan fingerprint density at radius 2 is 0.831 bits per heavy atom. The third-order valence-corrected chi connectivity index (χ3v) is 9.24. The Balaban J connectivity index is 0.000000548. The number of carbonyl (C=O) groups excluding carboxylic acids is 3. The Morgan fingerprint density at radius 1 is 0.477 bits per heavy atom. The number of carboxylic acids is 3. The smallest absolute Gasteiger partial charge is 0.550 e. The van der Waals surface area contributed by atoms with Crippen LogP contribution in [0.15, 0.2) is 127 Å². The average Bonchev–Trinajstić information content (AvgIpc) is 4.04. The minimum Gasteiger partial charge on any atom is -0.550 e. The van der Waals surface area contributed by atoms with Gasteiger partial charge in [-0.2, -0.15) is 0 Å². The zero-order chi connectivity index (χ0) is 46.1. The van der Waals surface area contributed by atoms with Crippen LogP contribution in [-0.4, -0.2) is 57.9 Å². The number of hydrogen-bond acceptors (Lipinski definition) is 12. The van der Waals surface area contributed by atoms with Gasteiger partial charge in [0.1, 0.15) is 23.0 Å². The summed E-state index contributed by atoms with van der Waals surface area (Å²) in [7, 11) is 0. The van der Waals surface area contributed by atoms with E-state index < -0.39 is 17.9 Å². The molecule has 0 spiro atoms. The second-order valence-electron chi connectivity index (χ2n) is 14.2. The number of carbonyl (C=O) groups is 3. The molecule has 7 aromatic rings. The minimum absolute atomic E-state index is 0. The summed E-state index contributed by atoms with van der Waals surface area (Å²) in [5.74, 6) is -2.73. The number of benzene rings is 4. The van der Waals surface area contributed by atoms with Crippen LogP contribution < -0.4 is 15.3 Å². The van der Waals surface area contributed by atoms with E-state index in [1.807, 2.05) is 103 Å². The van der Waals surface area contributed by atoms with Crippen LogP contribution in [0.5, 0.6) is 23.0 Å². The van der Waals surface area contributed by atoms with E-state index >= 15 is 0 Å². The largest absolute Gasteiger partial charge is 3.00 e. The molecule has 2 aliphatic heterocycles. The van der Waals surface area contributed by atoms with Crippen molar-refractivity contribution in [2.75, 3.05) is 0 Å². The van der Waals surface area contributed by atoms with Crippen molar-refractivity contribution in [1.29, 1.82) is 0 Å². The van der Waals surface area contributed by atoms with Crippen LogP contribution in [0.25, 0.3) is 85.4 Å². The maximum atomic E-state index is 10.4. The monoisotopic (exact) mass is 910 g/mol. The molecule has 0 aliphatic carbocycles. The number of phenolic OH excluding ortho intramolecular Hbond substituents is 4. The number of fused-ring (bicyclic) bond motifs is 8. The fraction of sp³-hybridized carbons (Fsp3) is 0.0600. The first-order valence-electron chi connectivity index (χ1n) is 19.4. The summed E-state index contributed by atoms with van der Waals surface area (Å²) in [5.41, 5.74) is 11.9. The standard InChI is InChI=1S/C44H30N4O4.3C2H4O2.Mn/c49-35-14-1-26(2-15-35)41-39-22-11-32(47-39)24-31-8-7-29(45-31)23-30-9-10-33(46-30)25-40-42(27-3-16-36(50)17-4-27)43(28-5-18-37(51)19-6-28)44(41)48(40)34-12-20-38(52)21-13-34;3*1-2(3)4;/h1-25,45,49-52H;3*1H3,(H,3,4);/q;;;;+3/p-3. The zero-order valence-corrected chi connectivity index (χ0v) is 36.1. The van der Waals surface area contributed by atoms with E-state index in [4.69, 9.17) is 39.7 Å². The summed E-state index contributed by atoms with van der Waals surface area (Å²) >= 11 is 0. The van der Waals surface area contributed by atoms with Gasteiger partial charge in [-0.15, -0.1) is 0 Å². The van der Waals surface area contributed by atoms with Crippen molar-refractivity contribution >= 4 is 64.3 Å². The molecule has 0 radical (unpaired) electrons. The molecule has 2 aliphatic rings. The van der Waals surface area contributed by atoms with E-state index in [9.17, 15) is 20.4 Å². The number of aromatic nitrogens is 4. The number of aliphatic carboxylic acids is 3. The number of aromatic amines is 1. The van der Waals surface area contributed by atoms with Crippen molar-refractivity contribution in [2.45, 2.75) is 20.8 Å². The van der Waals surface area contributed by atoms with E-state index in [-0.39, 0.29) is 40.1 Å². The summed E-state index contributed by atoms with van der Waals surface area (Å²) in [6.45, 7) is 2.92. The molecule has 0 fully saturated rings. The van der Waals surface area contributed by atoms with Crippen molar-refractivity contribution in [3.63, 3.8) is 0 Å². The molecule has 4 aromatic carbocycles. The van der Waals surface area contributed by atoms with Gasteiger partial charge in [-0.3, -0.25) is 0 Å². The van der Waals surface area contributed by atoms with E-state index in [1.54, 1.807) is 48.5 Å². The van der Waals surface area contributed by atoms with Crippen molar-refractivity contribution in [3.8, 4) is 62.1 Å². The molecule has 14 nitrogen and oxygen atoms in total. The Morgan fingerprint density at radius 3 is 1.28 bits per heavy atom. The molecular weight excluding hydrogens is 872 g/mol. The molecular formula is C50H39MnN4O10. The Hall–Kier alpha value is -8.39. The molecule has 5 N–H and O–H groups in total. The second-order valence-corrected chi connectivity index (χ2v) is 14.2. The maximum Gasteiger partial charge on any atom is 3.00 e. The molecule has 5 heterocycles. The predicted octanol–water partition coefficient (Wildman–Crippen LogP) is 6.21. The van der Waals surface area contributed by atoms with E-state index in [2.05, 4.69) is 9.55 Å². The van der Waals surface area contributed by atoms with Gasteiger partial charge in [0.15, 0.2) is 0 Å². The van der Waals surface area contributed by atoms with Crippen molar-refractivity contribution in [2.24, 2.45) is 0 Å². The Bertz CT molecular complexity index is 3040. The molecule has 65 heavy (non-hydrogen) atoms. The first kappa shape index (κ1) is 47.7. The van der Waals surface area contributed by atoms with E-state index in [0.29, 0.717) is 5.69 Å². The van der Waals surface area contributed by atoms with Crippen LogP contribution in [0.2, 0.25) is 0 Å². The summed E-state index contributed by atoms with van der Waals surface area (Å²) in [6, 6.07) is 38.3. The molecule has 15 heteroatoms. The third kappa shape index (κ3) is 12.2. The molecule has 9 rings (SSSR count). The number of nitrogens with zero attached hydrogens (tertiary/aromatic N) is 3. The molecule has 0 saturated heterocycles. The van der Waals surface area contributed by atoms with Crippen LogP contribution in [-0.2, 0) is 31.5 Å². The summed E-state index contributed by atoms with van der Waals surface area (Å²) in [5, 5.41) is 68.4. The van der Waals surface area contributed by atoms with Crippen molar-refractivity contribution in [1.82, 2.24) is 19.5 Å². The molecule has 8 bridgehead atoms. The molecule has 0 atom stereocenters. The zero-order valence-electron chi connectivity index (χ0n) is 34.9. The number of carboxylic acid groups (broad SMARTS) is 3. The van der Waals surface area contributed by atoms with Crippen LogP contribution >= 0.6 is 0 Å². The predicted molar refractivity (Wildman–Crippen MR) is 239 cm³/mol. The molecule has 0 saturated carbocycles. The number of hydrogen-bond donors (Lipinski definition) is 5. The van der Waals surface area contributed by atoms with Gasteiger partial charge in [0.2, 0.25) is 0 Å². The average molecular weight is 911 g/mol. The van der Waals surface area contributed by atoms with Crippen molar-refractivity contribution in [3.05, 3.63) is 150 Å². The molecule has 0 unspecified atom stereocenters. The number of aromatic hydroxyl groups is 4. The summed E-state index contributed by atoms with van der Waals surface area (Å²) in [6.07, 6.45) is 7.92. The first-order chi connectivity index (χ1) is 30.6. The van der Waals surface area contributed by atoms with Crippen LogP contribution in [0, 0.1) is 0 Å². The van der Waals surface area contributed by atoms with Gasteiger partial charge in [0, 0.05) is 51.3 Å². The SMILES string of the molecule is CC(=O)[O-].CC(=O)[O-].CC(=O)[O-].Oc1ccc(-c2c(-c3ccc(O)cc3)c3c(-c4ccc(O)cc4)c4nc(cc5ccc(cc6nc(cc2n3-c2ccc(O)cc2)C=C6)[nH]5)C=C4)cc1.[Mn+3]. The van der Waals surface area contributed by atoms with Gasteiger partial charge in [0.25, 0.3) is 0 Å². The van der Waals surface area contributed by atoms with E-state index in [1.165, 1.54) is 0 Å². The number of nitrogens with one attached hydrogen (secondary N) is 1. The van der Waals surface area contributed by atoms with Gasteiger partial charge >= 0.3 is 17.1 Å². The third-order valence-electron chi connectivity index (χ3n) is 9.24. The van der Waals surface area contributed by atoms with Crippen molar-refractivity contribution < 1.29 is 67.2 Å². The summed E-state index contributed by atoms with van der Waals surface area (Å²) < 4.78 is 2.14.